The fourth-order valence-electron chi connectivity index (χ4n) is 4.07. The molecule has 2 N–H and O–H groups in total. The number of carbonyl (C=O) groups is 2. The summed E-state index contributed by atoms with van der Waals surface area (Å²) in [4.78, 5) is 28.2. The highest BCUT2D eigenvalue weighted by Crippen LogP contribution is 2.28. The fourth-order valence-corrected chi connectivity index (χ4v) is 4.07. The summed E-state index contributed by atoms with van der Waals surface area (Å²) >= 11 is 0. The number of aryl methyl sites for hydroxylation is 1. The highest BCUT2D eigenvalue weighted by atomic mass is 16.2. The third-order valence-electron chi connectivity index (χ3n) is 5.69. The molecule has 3 aromatic carbocycles. The number of amides is 3. The molecule has 1 aliphatic heterocycles. The van der Waals surface area contributed by atoms with Crippen molar-refractivity contribution < 1.29 is 9.59 Å². The zero-order valence-electron chi connectivity index (χ0n) is 17.7. The number of para-hydroxylation sites is 2. The van der Waals surface area contributed by atoms with E-state index in [0.29, 0.717) is 13.0 Å². The van der Waals surface area contributed by atoms with Gasteiger partial charge in [0.05, 0.1) is 0 Å². The van der Waals surface area contributed by atoms with Gasteiger partial charge in [0.15, 0.2) is 0 Å². The smallest absolute Gasteiger partial charge is 0.319 e. The van der Waals surface area contributed by atoms with Crippen LogP contribution in [0, 0.1) is 0 Å². The Hall–Kier alpha value is -3.60. The number of nitrogens with zero attached hydrogens (tertiary/aromatic N) is 1. The number of hydrogen-bond donors (Lipinski definition) is 2. The van der Waals surface area contributed by atoms with Crippen molar-refractivity contribution in [2.75, 3.05) is 16.8 Å². The van der Waals surface area contributed by atoms with Crippen LogP contribution in [0.5, 0.6) is 0 Å². The highest BCUT2D eigenvalue weighted by Gasteiger charge is 2.31. The topological polar surface area (TPSA) is 61.4 Å². The molecule has 0 fully saturated rings. The lowest BCUT2D eigenvalue weighted by Crippen LogP contribution is -2.50. The number of anilines is 2. The van der Waals surface area contributed by atoms with E-state index in [2.05, 4.69) is 16.7 Å². The van der Waals surface area contributed by atoms with Crippen LogP contribution in [0.3, 0.4) is 0 Å². The Morgan fingerprint density at radius 3 is 2.45 bits per heavy atom. The van der Waals surface area contributed by atoms with Gasteiger partial charge < -0.3 is 15.5 Å². The Morgan fingerprint density at radius 1 is 0.935 bits per heavy atom. The largest absolute Gasteiger partial charge is 0.326 e. The summed E-state index contributed by atoms with van der Waals surface area (Å²) in [6.45, 7) is 2.68. The minimum atomic E-state index is -0.664. The van der Waals surface area contributed by atoms with Crippen molar-refractivity contribution in [3.8, 4) is 0 Å². The maximum absolute atomic E-state index is 13.5. The Labute approximate surface area is 183 Å². The van der Waals surface area contributed by atoms with Crippen molar-refractivity contribution >= 4 is 23.3 Å². The molecular weight excluding hydrogens is 386 g/mol. The predicted octanol–water partition coefficient (Wildman–Crippen LogP) is 4.57. The number of rotatable bonds is 6. The van der Waals surface area contributed by atoms with Gasteiger partial charge in [-0.15, -0.1) is 0 Å². The summed E-state index contributed by atoms with van der Waals surface area (Å²) in [6.07, 6.45) is 2.07. The third-order valence-corrected chi connectivity index (χ3v) is 5.69. The average Bonchev–Trinajstić information content (AvgIpc) is 3.23. The summed E-state index contributed by atoms with van der Waals surface area (Å²) < 4.78 is 0. The molecule has 0 spiro atoms. The maximum atomic E-state index is 13.5. The van der Waals surface area contributed by atoms with E-state index in [-0.39, 0.29) is 11.9 Å². The first-order valence-corrected chi connectivity index (χ1v) is 10.7. The van der Waals surface area contributed by atoms with Gasteiger partial charge in [0.2, 0.25) is 5.91 Å². The van der Waals surface area contributed by atoms with Crippen molar-refractivity contribution in [2.45, 2.75) is 32.2 Å². The summed E-state index contributed by atoms with van der Waals surface area (Å²) in [5.41, 5.74) is 4.92. The van der Waals surface area contributed by atoms with Crippen LogP contribution in [0.2, 0.25) is 0 Å². The Balaban J connectivity index is 1.54. The first-order valence-electron chi connectivity index (χ1n) is 10.7. The van der Waals surface area contributed by atoms with Gasteiger partial charge in [-0.3, -0.25) is 4.79 Å². The Morgan fingerprint density at radius 2 is 1.65 bits per heavy atom. The molecule has 5 nitrogen and oxygen atoms in total. The van der Waals surface area contributed by atoms with Crippen LogP contribution in [0.1, 0.15) is 23.6 Å². The van der Waals surface area contributed by atoms with E-state index < -0.39 is 6.04 Å². The van der Waals surface area contributed by atoms with E-state index in [9.17, 15) is 9.59 Å². The quantitative estimate of drug-likeness (QED) is 0.622. The van der Waals surface area contributed by atoms with Crippen LogP contribution < -0.4 is 15.5 Å². The predicted molar refractivity (Wildman–Crippen MR) is 124 cm³/mol. The molecule has 5 heteroatoms. The van der Waals surface area contributed by atoms with Crippen LogP contribution in [-0.4, -0.2) is 24.5 Å². The monoisotopic (exact) mass is 413 g/mol. The number of urea groups is 1. The molecule has 3 aromatic rings. The van der Waals surface area contributed by atoms with E-state index >= 15 is 0 Å². The van der Waals surface area contributed by atoms with Crippen molar-refractivity contribution in [1.82, 2.24) is 5.32 Å². The summed E-state index contributed by atoms with van der Waals surface area (Å²) in [6, 6.07) is 24.4. The minimum Gasteiger partial charge on any atom is -0.326 e. The van der Waals surface area contributed by atoms with Crippen molar-refractivity contribution in [3.63, 3.8) is 0 Å². The molecule has 1 heterocycles. The first-order chi connectivity index (χ1) is 15.2. The second-order valence-corrected chi connectivity index (χ2v) is 7.72. The number of fused-ring (bicyclic) bond motifs is 1. The minimum absolute atomic E-state index is 0.0901. The molecule has 0 radical (unpaired) electrons. The normalized spacial score (nSPS) is 13.4. The van der Waals surface area contributed by atoms with Crippen molar-refractivity contribution in [1.29, 1.82) is 0 Å². The lowest BCUT2D eigenvalue weighted by atomic mass is 10.0. The second-order valence-electron chi connectivity index (χ2n) is 7.72. The van der Waals surface area contributed by atoms with Gasteiger partial charge in [0.25, 0.3) is 0 Å². The molecule has 0 unspecified atom stereocenters. The van der Waals surface area contributed by atoms with Gasteiger partial charge in [-0.2, -0.15) is 0 Å². The van der Waals surface area contributed by atoms with Gasteiger partial charge in [-0.05, 0) is 41.7 Å². The van der Waals surface area contributed by atoms with E-state index in [1.807, 2.05) is 79.7 Å². The molecule has 0 saturated heterocycles. The molecule has 3 amide bonds. The second kappa shape index (κ2) is 9.47. The van der Waals surface area contributed by atoms with Crippen LogP contribution >= 0.6 is 0 Å². The Bertz CT molecular complexity index is 1070. The van der Waals surface area contributed by atoms with E-state index in [4.69, 9.17) is 0 Å². The van der Waals surface area contributed by atoms with Crippen LogP contribution in [0.15, 0.2) is 78.9 Å². The molecule has 0 saturated carbocycles. The molecule has 0 aliphatic carbocycles. The maximum Gasteiger partial charge on any atom is 0.319 e. The molecule has 1 atom stereocenters. The average molecular weight is 414 g/mol. The molecular formula is C26H27N3O2. The molecule has 0 aromatic heterocycles. The lowest BCUT2D eigenvalue weighted by molar-refractivity contribution is -0.120. The van der Waals surface area contributed by atoms with Gasteiger partial charge in [0.1, 0.15) is 6.04 Å². The van der Waals surface area contributed by atoms with Crippen LogP contribution in [-0.2, 0) is 24.1 Å². The fraction of sp³-hybridized carbons (Fsp3) is 0.231. The third kappa shape index (κ3) is 4.77. The molecule has 31 heavy (non-hydrogen) atoms. The van der Waals surface area contributed by atoms with E-state index in [0.717, 1.165) is 40.9 Å². The highest BCUT2D eigenvalue weighted by molar-refractivity contribution is 6.02. The van der Waals surface area contributed by atoms with E-state index in [1.54, 1.807) is 4.90 Å². The van der Waals surface area contributed by atoms with E-state index in [1.165, 1.54) is 0 Å². The first kappa shape index (κ1) is 20.7. The van der Waals surface area contributed by atoms with Crippen LogP contribution in [0.25, 0.3) is 0 Å². The number of carbonyl (C=O) groups excluding carboxylic acids is 2. The van der Waals surface area contributed by atoms with Gasteiger partial charge in [0, 0.05) is 24.3 Å². The van der Waals surface area contributed by atoms with Gasteiger partial charge in [-0.25, -0.2) is 4.79 Å². The zero-order chi connectivity index (χ0) is 21.6. The molecule has 0 bridgehead atoms. The van der Waals surface area contributed by atoms with Crippen molar-refractivity contribution in [2.24, 2.45) is 0 Å². The van der Waals surface area contributed by atoms with Gasteiger partial charge >= 0.3 is 6.03 Å². The van der Waals surface area contributed by atoms with Crippen LogP contribution in [0.4, 0.5) is 16.2 Å². The molecule has 158 valence electrons. The summed E-state index contributed by atoms with van der Waals surface area (Å²) in [7, 11) is 0. The summed E-state index contributed by atoms with van der Waals surface area (Å²) in [5.74, 6) is -0.0901. The number of benzene rings is 3. The Kier molecular flexibility index (Phi) is 6.32. The summed E-state index contributed by atoms with van der Waals surface area (Å²) in [5, 5.41) is 5.85. The zero-order valence-corrected chi connectivity index (χ0v) is 17.7. The van der Waals surface area contributed by atoms with Gasteiger partial charge in [-0.1, -0.05) is 73.7 Å². The molecule has 4 rings (SSSR count). The molecule has 1 aliphatic rings. The SMILES string of the molecule is CCc1ccccc1NC(=O)N[C@@H](Cc1ccccc1)C(=O)N1CCc2ccccc21. The number of nitrogens with one attached hydrogen (secondary N) is 2. The lowest BCUT2D eigenvalue weighted by Gasteiger charge is -2.25. The van der Waals surface area contributed by atoms with Crippen molar-refractivity contribution in [3.05, 3.63) is 95.6 Å². The standard InChI is InChI=1S/C26H27N3O2/c1-2-20-12-6-8-14-22(20)27-26(31)28-23(18-19-10-4-3-5-11-19)25(30)29-17-16-21-13-7-9-15-24(21)29/h3-15,23H,2,16-18H2,1H3,(H2,27,28,31)/t23-/m0/s1. The number of hydrogen-bond acceptors (Lipinski definition) is 2.